The van der Waals surface area contributed by atoms with Gasteiger partial charge in [0, 0.05) is 5.92 Å². The molecule has 0 aliphatic carbocycles. The molecule has 8 heteroatoms. The van der Waals surface area contributed by atoms with E-state index in [4.69, 9.17) is 15.3 Å². The van der Waals surface area contributed by atoms with E-state index in [-0.39, 0.29) is 18.1 Å². The minimum absolute atomic E-state index is 0.0855. The highest BCUT2D eigenvalue weighted by atomic mass is 19.3. The van der Waals surface area contributed by atoms with Crippen molar-refractivity contribution in [3.05, 3.63) is 0 Å². The Bertz CT molecular complexity index is 351. The Kier molecular flexibility index (Phi) is 5.63. The average molecular weight is 316 g/mol. The van der Waals surface area contributed by atoms with Crippen molar-refractivity contribution in [1.29, 1.82) is 0 Å². The van der Waals surface area contributed by atoms with Crippen molar-refractivity contribution in [2.75, 3.05) is 13.2 Å². The van der Waals surface area contributed by atoms with Gasteiger partial charge in [0.1, 0.15) is 6.61 Å². The van der Waals surface area contributed by atoms with E-state index in [0.29, 0.717) is 6.42 Å². The van der Waals surface area contributed by atoms with Gasteiger partial charge >= 0.3 is 12.3 Å². The lowest BCUT2D eigenvalue weighted by molar-refractivity contribution is -0.168. The Balaban J connectivity index is 2.60. The predicted molar refractivity (Wildman–Crippen MR) is 70.2 cm³/mol. The number of hydrogen-bond acceptors (Lipinski definition) is 4. The Labute approximate surface area is 122 Å². The van der Waals surface area contributed by atoms with Crippen molar-refractivity contribution in [3.8, 4) is 0 Å². The van der Waals surface area contributed by atoms with Gasteiger partial charge in [-0.3, -0.25) is 11.3 Å². The molecule has 0 amide bonds. The van der Waals surface area contributed by atoms with Crippen LogP contribution < -0.4 is 11.3 Å². The Morgan fingerprint density at radius 3 is 2.29 bits per heavy atom. The SMILES string of the molecule is CC1(C)CC(C(COCC(F)(F)C(F)F)NN)C(C)(C)O1. The van der Waals surface area contributed by atoms with Crippen LogP contribution >= 0.6 is 0 Å². The highest BCUT2D eigenvalue weighted by Crippen LogP contribution is 2.43. The van der Waals surface area contributed by atoms with Gasteiger partial charge in [-0.05, 0) is 34.1 Å². The maximum absolute atomic E-state index is 12.8. The smallest absolute Gasteiger partial charge is 0.330 e. The quantitative estimate of drug-likeness (QED) is 0.430. The second-order valence-corrected chi connectivity index (χ2v) is 6.63. The molecule has 1 heterocycles. The normalized spacial score (nSPS) is 26.3. The van der Waals surface area contributed by atoms with Crippen molar-refractivity contribution >= 4 is 0 Å². The van der Waals surface area contributed by atoms with Gasteiger partial charge in [-0.2, -0.15) is 8.78 Å². The lowest BCUT2D eigenvalue weighted by atomic mass is 9.82. The van der Waals surface area contributed by atoms with Crippen LogP contribution in [0.25, 0.3) is 0 Å². The maximum Gasteiger partial charge on any atom is 0.330 e. The summed E-state index contributed by atoms with van der Waals surface area (Å²) in [5, 5.41) is 0. The van der Waals surface area contributed by atoms with Crippen molar-refractivity contribution in [3.63, 3.8) is 0 Å². The van der Waals surface area contributed by atoms with Gasteiger partial charge in [0.25, 0.3) is 0 Å². The van der Waals surface area contributed by atoms with Crippen molar-refractivity contribution in [2.24, 2.45) is 11.8 Å². The summed E-state index contributed by atoms with van der Waals surface area (Å²) >= 11 is 0. The van der Waals surface area contributed by atoms with E-state index in [9.17, 15) is 17.6 Å². The molecule has 1 rings (SSSR count). The van der Waals surface area contributed by atoms with Crippen LogP contribution in [0.15, 0.2) is 0 Å². The molecule has 0 saturated carbocycles. The largest absolute Gasteiger partial charge is 0.373 e. The molecule has 1 fully saturated rings. The highest BCUT2D eigenvalue weighted by molar-refractivity contribution is 4.99. The van der Waals surface area contributed by atoms with E-state index in [0.717, 1.165) is 0 Å². The van der Waals surface area contributed by atoms with E-state index >= 15 is 0 Å². The molecule has 1 aliphatic heterocycles. The third kappa shape index (κ3) is 4.77. The molecule has 3 N–H and O–H groups in total. The zero-order valence-electron chi connectivity index (χ0n) is 12.8. The maximum atomic E-state index is 12.8. The van der Waals surface area contributed by atoms with E-state index in [1.165, 1.54) is 0 Å². The summed E-state index contributed by atoms with van der Waals surface area (Å²) in [5.74, 6) is 1.21. The third-order valence-electron chi connectivity index (χ3n) is 3.75. The van der Waals surface area contributed by atoms with Crippen molar-refractivity contribution in [1.82, 2.24) is 5.43 Å². The van der Waals surface area contributed by atoms with Gasteiger partial charge in [-0.1, -0.05) is 0 Å². The molecular weight excluding hydrogens is 292 g/mol. The molecule has 4 nitrogen and oxygen atoms in total. The number of ether oxygens (including phenoxy) is 2. The fourth-order valence-corrected chi connectivity index (χ4v) is 2.90. The van der Waals surface area contributed by atoms with E-state index in [1.54, 1.807) is 0 Å². The molecule has 0 radical (unpaired) electrons. The minimum atomic E-state index is -4.15. The molecule has 0 spiro atoms. The van der Waals surface area contributed by atoms with Crippen LogP contribution in [0.1, 0.15) is 34.1 Å². The second-order valence-electron chi connectivity index (χ2n) is 6.63. The van der Waals surface area contributed by atoms with Crippen molar-refractivity contribution < 1.29 is 27.0 Å². The summed E-state index contributed by atoms with van der Waals surface area (Å²) in [7, 11) is 0. The number of halogens is 4. The summed E-state index contributed by atoms with van der Waals surface area (Å²) in [4.78, 5) is 0. The Morgan fingerprint density at radius 1 is 1.33 bits per heavy atom. The molecule has 21 heavy (non-hydrogen) atoms. The Hall–Kier alpha value is -0.440. The molecule has 0 aromatic carbocycles. The minimum Gasteiger partial charge on any atom is -0.373 e. The molecule has 2 unspecified atom stereocenters. The first-order chi connectivity index (χ1) is 9.41. The fourth-order valence-electron chi connectivity index (χ4n) is 2.90. The van der Waals surface area contributed by atoms with Crippen LogP contribution in [0, 0.1) is 5.92 Å². The summed E-state index contributed by atoms with van der Waals surface area (Å²) in [5.41, 5.74) is 1.63. The van der Waals surface area contributed by atoms with Crippen LogP contribution in [0.2, 0.25) is 0 Å². The van der Waals surface area contributed by atoms with Gasteiger partial charge in [-0.15, -0.1) is 0 Å². The zero-order valence-corrected chi connectivity index (χ0v) is 12.8. The predicted octanol–water partition coefficient (Wildman–Crippen LogP) is 2.33. The van der Waals surface area contributed by atoms with E-state index < -0.39 is 30.6 Å². The van der Waals surface area contributed by atoms with Crippen LogP contribution in [-0.2, 0) is 9.47 Å². The lowest BCUT2D eigenvalue weighted by Gasteiger charge is -2.32. The number of alkyl halides is 4. The molecule has 2 atom stereocenters. The first kappa shape index (κ1) is 18.6. The first-order valence-electron chi connectivity index (χ1n) is 6.81. The third-order valence-corrected chi connectivity index (χ3v) is 3.75. The van der Waals surface area contributed by atoms with Gasteiger partial charge in [-0.25, -0.2) is 8.78 Å². The summed E-state index contributed by atoms with van der Waals surface area (Å²) in [6.45, 7) is 6.09. The van der Waals surface area contributed by atoms with E-state index in [2.05, 4.69) is 5.43 Å². The van der Waals surface area contributed by atoms with Gasteiger partial charge in [0.15, 0.2) is 0 Å². The van der Waals surface area contributed by atoms with Crippen molar-refractivity contribution in [2.45, 2.75) is 63.7 Å². The molecule has 0 aromatic heterocycles. The highest BCUT2D eigenvalue weighted by Gasteiger charge is 2.49. The molecule has 126 valence electrons. The molecule has 1 saturated heterocycles. The van der Waals surface area contributed by atoms with Crippen LogP contribution in [0.5, 0.6) is 0 Å². The summed E-state index contributed by atoms with van der Waals surface area (Å²) < 4.78 is 60.4. The number of rotatable bonds is 7. The van der Waals surface area contributed by atoms with E-state index in [1.807, 2.05) is 27.7 Å². The van der Waals surface area contributed by atoms with Crippen LogP contribution in [-0.4, -0.2) is 42.8 Å². The number of hydrogen-bond donors (Lipinski definition) is 2. The number of hydrazine groups is 1. The fraction of sp³-hybridized carbons (Fsp3) is 1.00. The monoisotopic (exact) mass is 316 g/mol. The summed E-state index contributed by atoms with van der Waals surface area (Å²) in [6, 6.07) is -0.463. The van der Waals surface area contributed by atoms with Gasteiger partial charge < -0.3 is 9.47 Å². The van der Waals surface area contributed by atoms with Crippen LogP contribution in [0.3, 0.4) is 0 Å². The lowest BCUT2D eigenvalue weighted by Crippen LogP contribution is -2.50. The van der Waals surface area contributed by atoms with Gasteiger partial charge in [0.05, 0.1) is 23.9 Å². The molecular formula is C13H24F4N2O2. The van der Waals surface area contributed by atoms with Crippen LogP contribution in [0.4, 0.5) is 17.6 Å². The summed E-state index contributed by atoms with van der Waals surface area (Å²) in [6.07, 6.45) is -3.09. The second kappa shape index (κ2) is 6.36. The molecule has 0 aromatic rings. The standard InChI is InChI=1S/C13H24F4N2O2/c1-11(2)5-8(12(3,4)21-11)9(19-18)6-20-7-13(16,17)10(14)15/h8-10,19H,5-7,18H2,1-4H3. The number of nitrogens with two attached hydrogens (primary N) is 1. The zero-order chi connectivity index (χ0) is 16.5. The van der Waals surface area contributed by atoms with Gasteiger partial charge in [0.2, 0.25) is 0 Å². The topological polar surface area (TPSA) is 56.5 Å². The molecule has 0 bridgehead atoms. The first-order valence-corrected chi connectivity index (χ1v) is 6.81. The number of nitrogens with one attached hydrogen (secondary N) is 1. The average Bonchev–Trinajstić information content (AvgIpc) is 2.52. The Morgan fingerprint density at radius 2 is 1.90 bits per heavy atom. The molecule has 1 aliphatic rings.